The third kappa shape index (κ3) is 4.43. The molecule has 0 bridgehead atoms. The Balaban J connectivity index is 1.60. The lowest BCUT2D eigenvalue weighted by Gasteiger charge is -2.11. The first-order chi connectivity index (χ1) is 12.5. The van der Waals surface area contributed by atoms with Gasteiger partial charge < -0.3 is 10.6 Å². The van der Waals surface area contributed by atoms with E-state index in [4.69, 9.17) is 23.2 Å². The number of aromatic nitrogens is 2. The highest BCUT2D eigenvalue weighted by Gasteiger charge is 2.12. The number of hydrogen-bond acceptors (Lipinski definition) is 4. The SMILES string of the molecule is O=C(CNC(=O)c1cccs1)Nc1ccnn1Cc1cccc(Cl)c1Cl. The molecule has 0 fully saturated rings. The molecule has 0 atom stereocenters. The van der Waals surface area contributed by atoms with E-state index in [1.54, 1.807) is 46.6 Å². The zero-order valence-corrected chi connectivity index (χ0v) is 15.7. The zero-order valence-electron chi connectivity index (χ0n) is 13.4. The highest BCUT2D eigenvalue weighted by Crippen LogP contribution is 2.26. The molecule has 2 amide bonds. The monoisotopic (exact) mass is 408 g/mol. The molecule has 2 heterocycles. The van der Waals surface area contributed by atoms with E-state index in [1.807, 2.05) is 6.07 Å². The van der Waals surface area contributed by atoms with Crippen LogP contribution >= 0.6 is 34.5 Å². The van der Waals surface area contributed by atoms with Crippen molar-refractivity contribution in [1.29, 1.82) is 0 Å². The van der Waals surface area contributed by atoms with Crippen LogP contribution in [0.25, 0.3) is 0 Å². The molecular formula is C17H14Cl2N4O2S. The first-order valence-electron chi connectivity index (χ1n) is 7.61. The summed E-state index contributed by atoms with van der Waals surface area (Å²) in [6.45, 7) is 0.212. The van der Waals surface area contributed by atoms with Crippen molar-refractivity contribution in [2.24, 2.45) is 0 Å². The minimum absolute atomic E-state index is 0.139. The lowest BCUT2D eigenvalue weighted by Crippen LogP contribution is -2.33. The fourth-order valence-electron chi connectivity index (χ4n) is 2.24. The van der Waals surface area contributed by atoms with E-state index in [1.165, 1.54) is 11.3 Å². The third-order valence-electron chi connectivity index (χ3n) is 3.49. The molecule has 2 N–H and O–H groups in total. The first-order valence-corrected chi connectivity index (χ1v) is 9.24. The number of anilines is 1. The molecule has 1 aromatic carbocycles. The number of benzene rings is 1. The van der Waals surface area contributed by atoms with E-state index in [0.29, 0.717) is 27.3 Å². The minimum Gasteiger partial charge on any atom is -0.342 e. The Hall–Kier alpha value is -2.35. The van der Waals surface area contributed by atoms with Gasteiger partial charge in [-0.15, -0.1) is 11.3 Å². The molecule has 0 radical (unpaired) electrons. The van der Waals surface area contributed by atoms with Gasteiger partial charge in [0.1, 0.15) is 5.82 Å². The minimum atomic E-state index is -0.353. The molecule has 0 aliphatic carbocycles. The predicted molar refractivity (Wildman–Crippen MR) is 103 cm³/mol. The van der Waals surface area contributed by atoms with Crippen molar-refractivity contribution in [2.45, 2.75) is 6.54 Å². The van der Waals surface area contributed by atoms with Gasteiger partial charge in [0, 0.05) is 6.07 Å². The number of nitrogens with zero attached hydrogens (tertiary/aromatic N) is 2. The molecule has 0 aliphatic rings. The maximum absolute atomic E-state index is 12.1. The van der Waals surface area contributed by atoms with Crippen LogP contribution < -0.4 is 10.6 Å². The summed E-state index contributed by atoms with van der Waals surface area (Å²) in [7, 11) is 0. The van der Waals surface area contributed by atoms with Gasteiger partial charge in [-0.25, -0.2) is 4.68 Å². The van der Waals surface area contributed by atoms with E-state index in [2.05, 4.69) is 15.7 Å². The van der Waals surface area contributed by atoms with Gasteiger partial charge in [0.15, 0.2) is 0 Å². The molecular weight excluding hydrogens is 395 g/mol. The van der Waals surface area contributed by atoms with Gasteiger partial charge in [0.2, 0.25) is 5.91 Å². The summed E-state index contributed by atoms with van der Waals surface area (Å²) in [5.41, 5.74) is 0.782. The molecule has 3 rings (SSSR count). The van der Waals surface area contributed by atoms with Gasteiger partial charge in [-0.1, -0.05) is 41.4 Å². The highest BCUT2D eigenvalue weighted by molar-refractivity contribution is 7.12. The average molecular weight is 409 g/mol. The molecule has 3 aromatic rings. The molecule has 134 valence electrons. The quantitative estimate of drug-likeness (QED) is 0.653. The van der Waals surface area contributed by atoms with Gasteiger partial charge in [0.05, 0.1) is 34.2 Å². The number of carbonyl (C=O) groups is 2. The normalized spacial score (nSPS) is 10.5. The molecule has 9 heteroatoms. The number of nitrogens with one attached hydrogen (secondary N) is 2. The third-order valence-corrected chi connectivity index (χ3v) is 5.22. The van der Waals surface area contributed by atoms with Crippen LogP contribution in [0.2, 0.25) is 10.0 Å². The number of amides is 2. The van der Waals surface area contributed by atoms with E-state index < -0.39 is 0 Å². The molecule has 6 nitrogen and oxygen atoms in total. The summed E-state index contributed by atoms with van der Waals surface area (Å²) in [5.74, 6) is -0.139. The van der Waals surface area contributed by atoms with E-state index in [0.717, 1.165) is 5.56 Å². The van der Waals surface area contributed by atoms with Gasteiger partial charge >= 0.3 is 0 Å². The van der Waals surface area contributed by atoms with Crippen LogP contribution in [0.1, 0.15) is 15.2 Å². The average Bonchev–Trinajstić information content (AvgIpc) is 3.29. The Kier molecular flexibility index (Phi) is 5.92. The summed E-state index contributed by atoms with van der Waals surface area (Å²) in [4.78, 5) is 24.5. The summed E-state index contributed by atoms with van der Waals surface area (Å²) in [6, 6.07) is 10.5. The van der Waals surface area contributed by atoms with Crippen LogP contribution in [0.4, 0.5) is 5.82 Å². The summed E-state index contributed by atoms with van der Waals surface area (Å²) < 4.78 is 1.59. The Labute approximate surface area is 163 Å². The lowest BCUT2D eigenvalue weighted by molar-refractivity contribution is -0.115. The van der Waals surface area contributed by atoms with Crippen LogP contribution in [0.3, 0.4) is 0 Å². The Morgan fingerprint density at radius 2 is 2.00 bits per heavy atom. The van der Waals surface area contributed by atoms with Gasteiger partial charge in [-0.05, 0) is 23.1 Å². The number of thiophene rings is 1. The zero-order chi connectivity index (χ0) is 18.5. The molecule has 0 spiro atoms. The van der Waals surface area contributed by atoms with E-state index >= 15 is 0 Å². The van der Waals surface area contributed by atoms with Gasteiger partial charge in [-0.3, -0.25) is 9.59 Å². The maximum atomic E-state index is 12.1. The van der Waals surface area contributed by atoms with Crippen molar-refractivity contribution < 1.29 is 9.59 Å². The van der Waals surface area contributed by atoms with Crippen molar-refractivity contribution in [3.63, 3.8) is 0 Å². The van der Waals surface area contributed by atoms with Crippen molar-refractivity contribution in [1.82, 2.24) is 15.1 Å². The fourth-order valence-corrected chi connectivity index (χ4v) is 3.26. The molecule has 0 saturated heterocycles. The molecule has 0 aliphatic heterocycles. The number of carbonyl (C=O) groups excluding carboxylic acids is 2. The van der Waals surface area contributed by atoms with Crippen LogP contribution in [-0.4, -0.2) is 28.1 Å². The fraction of sp³-hybridized carbons (Fsp3) is 0.118. The first kappa shape index (κ1) is 18.4. The largest absolute Gasteiger partial charge is 0.342 e. The Morgan fingerprint density at radius 1 is 1.15 bits per heavy atom. The summed E-state index contributed by atoms with van der Waals surface area (Å²) in [6.07, 6.45) is 1.57. The van der Waals surface area contributed by atoms with Crippen molar-refractivity contribution >= 4 is 52.2 Å². The van der Waals surface area contributed by atoms with Crippen LogP contribution in [-0.2, 0) is 11.3 Å². The van der Waals surface area contributed by atoms with Crippen LogP contribution in [0.5, 0.6) is 0 Å². The second-order valence-electron chi connectivity index (χ2n) is 5.30. The second kappa shape index (κ2) is 8.35. The van der Waals surface area contributed by atoms with Crippen molar-refractivity contribution in [3.05, 3.63) is 68.5 Å². The number of halogens is 2. The van der Waals surface area contributed by atoms with E-state index in [-0.39, 0.29) is 18.4 Å². The summed E-state index contributed by atoms with van der Waals surface area (Å²) in [5, 5.41) is 12.2. The van der Waals surface area contributed by atoms with Gasteiger partial charge in [0.25, 0.3) is 5.91 Å². The molecule has 0 unspecified atom stereocenters. The maximum Gasteiger partial charge on any atom is 0.261 e. The number of hydrogen-bond donors (Lipinski definition) is 2. The van der Waals surface area contributed by atoms with Crippen LogP contribution in [0.15, 0.2) is 48.0 Å². The predicted octanol–water partition coefficient (Wildman–Crippen LogP) is 3.67. The Bertz CT molecular complexity index is 925. The van der Waals surface area contributed by atoms with Crippen LogP contribution in [0, 0.1) is 0 Å². The smallest absolute Gasteiger partial charge is 0.261 e. The lowest BCUT2D eigenvalue weighted by atomic mass is 10.2. The molecule has 0 saturated carbocycles. The molecule has 26 heavy (non-hydrogen) atoms. The second-order valence-corrected chi connectivity index (χ2v) is 7.03. The van der Waals surface area contributed by atoms with Gasteiger partial charge in [-0.2, -0.15) is 5.10 Å². The molecule has 2 aromatic heterocycles. The highest BCUT2D eigenvalue weighted by atomic mass is 35.5. The van der Waals surface area contributed by atoms with Crippen molar-refractivity contribution in [2.75, 3.05) is 11.9 Å². The topological polar surface area (TPSA) is 76.0 Å². The summed E-state index contributed by atoms with van der Waals surface area (Å²) >= 11 is 13.5. The van der Waals surface area contributed by atoms with E-state index in [9.17, 15) is 9.59 Å². The standard InChI is InChI=1S/C17H14Cl2N4O2S/c18-12-4-1-3-11(16(12)19)10-23-14(6-7-21-23)22-15(24)9-20-17(25)13-5-2-8-26-13/h1-8H,9-10H2,(H,20,25)(H,22,24). The number of rotatable bonds is 6. The Morgan fingerprint density at radius 3 is 2.77 bits per heavy atom. The van der Waals surface area contributed by atoms with Crippen molar-refractivity contribution in [3.8, 4) is 0 Å².